The maximum Gasteiger partial charge on any atom is 0.266 e. The van der Waals surface area contributed by atoms with E-state index in [1.807, 2.05) is 0 Å². The molecule has 0 unspecified atom stereocenters. The van der Waals surface area contributed by atoms with Crippen LogP contribution in [0.5, 0.6) is 0 Å². The van der Waals surface area contributed by atoms with Gasteiger partial charge in [-0.25, -0.2) is 0 Å². The lowest BCUT2D eigenvalue weighted by atomic mass is 10.1. The molecule has 0 aliphatic heterocycles. The number of fused-ring (bicyclic) bond motifs is 3. The number of rotatable bonds is 0. The van der Waals surface area contributed by atoms with Crippen LogP contribution < -0.4 is 0 Å². The van der Waals surface area contributed by atoms with Crippen molar-refractivity contribution in [2.45, 2.75) is 13.3 Å². The molecule has 2 nitrogen and oxygen atoms in total. The van der Waals surface area contributed by atoms with E-state index in [0.717, 1.165) is 17.9 Å². The first-order valence-electron chi connectivity index (χ1n) is 4.56. The largest absolute Gasteiger partial charge is 0.434 e. The first kappa shape index (κ1) is 8.00. The Morgan fingerprint density at radius 3 is 3.14 bits per heavy atom. The van der Waals surface area contributed by atoms with Gasteiger partial charge in [-0.2, -0.15) is 0 Å². The van der Waals surface area contributed by atoms with Crippen molar-refractivity contribution in [3.63, 3.8) is 0 Å². The molecule has 0 saturated carbocycles. The Morgan fingerprint density at radius 2 is 2.29 bits per heavy atom. The minimum atomic E-state index is 0.474. The van der Waals surface area contributed by atoms with Crippen LogP contribution in [0.4, 0.5) is 0 Å². The van der Waals surface area contributed by atoms with Crippen LogP contribution in [-0.2, 0) is 6.42 Å². The molecule has 1 aromatic carbocycles. The van der Waals surface area contributed by atoms with Crippen molar-refractivity contribution in [2.24, 2.45) is 0 Å². The van der Waals surface area contributed by atoms with Crippen molar-refractivity contribution < 1.29 is 4.42 Å². The molecule has 3 heteroatoms. The molecular weight excluding hydrogens is 194 g/mol. The number of aromatic amines is 1. The molecule has 0 bridgehead atoms. The summed E-state index contributed by atoms with van der Waals surface area (Å²) in [6.45, 7) is 2.09. The summed E-state index contributed by atoms with van der Waals surface area (Å²) in [4.78, 5) is 3.56. The van der Waals surface area contributed by atoms with Crippen molar-refractivity contribution in [1.82, 2.24) is 4.98 Å². The first-order valence-corrected chi connectivity index (χ1v) is 4.97. The van der Waals surface area contributed by atoms with Crippen molar-refractivity contribution >= 4 is 12.2 Å². The summed E-state index contributed by atoms with van der Waals surface area (Å²) in [5.74, 6) is 0.968. The normalized spacial score (nSPS) is 12.6. The summed E-state index contributed by atoms with van der Waals surface area (Å²) >= 11 is 4.96. The molecule has 3 rings (SSSR count). The molecular formula is C11H9NOS. The minimum absolute atomic E-state index is 0.474. The van der Waals surface area contributed by atoms with Crippen LogP contribution in [0.1, 0.15) is 16.9 Å². The van der Waals surface area contributed by atoms with E-state index in [-0.39, 0.29) is 0 Å². The predicted molar refractivity (Wildman–Crippen MR) is 56.9 cm³/mol. The lowest BCUT2D eigenvalue weighted by Gasteiger charge is -1.99. The van der Waals surface area contributed by atoms with Crippen molar-refractivity contribution in [1.29, 1.82) is 0 Å². The van der Waals surface area contributed by atoms with Gasteiger partial charge in [-0.1, -0.05) is 17.7 Å². The molecule has 14 heavy (non-hydrogen) atoms. The van der Waals surface area contributed by atoms with Gasteiger partial charge in [0.1, 0.15) is 5.76 Å². The zero-order chi connectivity index (χ0) is 9.71. The summed E-state index contributed by atoms with van der Waals surface area (Å²) in [6.07, 6.45) is 0.859. The van der Waals surface area contributed by atoms with Crippen LogP contribution in [0, 0.1) is 11.8 Å². The highest BCUT2D eigenvalue weighted by atomic mass is 32.1. The fourth-order valence-electron chi connectivity index (χ4n) is 1.95. The molecule has 1 aromatic heterocycles. The van der Waals surface area contributed by atoms with Gasteiger partial charge >= 0.3 is 0 Å². The molecule has 0 spiro atoms. The lowest BCUT2D eigenvalue weighted by Crippen LogP contribution is -1.82. The van der Waals surface area contributed by atoms with Gasteiger partial charge < -0.3 is 9.40 Å². The molecule has 1 aliphatic carbocycles. The first-order chi connectivity index (χ1) is 6.74. The number of H-pyrrole nitrogens is 1. The fourth-order valence-corrected chi connectivity index (χ4v) is 2.16. The molecule has 0 atom stereocenters. The Kier molecular flexibility index (Phi) is 1.47. The van der Waals surface area contributed by atoms with Gasteiger partial charge in [-0.05, 0) is 30.8 Å². The third kappa shape index (κ3) is 0.990. The second-order valence-electron chi connectivity index (χ2n) is 3.65. The van der Waals surface area contributed by atoms with Gasteiger partial charge in [0.25, 0.3) is 4.84 Å². The van der Waals surface area contributed by atoms with E-state index < -0.39 is 0 Å². The number of oxazole rings is 1. The fraction of sp³-hybridized carbons (Fsp3) is 0.182. The van der Waals surface area contributed by atoms with Gasteiger partial charge in [-0.15, -0.1) is 0 Å². The maximum absolute atomic E-state index is 5.41. The van der Waals surface area contributed by atoms with Crippen molar-refractivity contribution in [2.75, 3.05) is 0 Å². The van der Waals surface area contributed by atoms with E-state index in [1.54, 1.807) is 0 Å². The summed E-state index contributed by atoms with van der Waals surface area (Å²) in [7, 11) is 0. The number of hydrogen-bond acceptors (Lipinski definition) is 2. The van der Waals surface area contributed by atoms with E-state index in [4.69, 9.17) is 16.6 Å². The topological polar surface area (TPSA) is 28.9 Å². The lowest BCUT2D eigenvalue weighted by molar-refractivity contribution is 0.502. The number of aromatic nitrogens is 1. The highest BCUT2D eigenvalue weighted by molar-refractivity contribution is 7.71. The Morgan fingerprint density at radius 1 is 1.43 bits per heavy atom. The van der Waals surface area contributed by atoms with Gasteiger partial charge in [0.05, 0.1) is 5.69 Å². The Balaban J connectivity index is 2.33. The predicted octanol–water partition coefficient (Wildman–Crippen LogP) is 3.22. The van der Waals surface area contributed by atoms with Crippen LogP contribution in [0.2, 0.25) is 0 Å². The van der Waals surface area contributed by atoms with Crippen LogP contribution >= 0.6 is 12.2 Å². The van der Waals surface area contributed by atoms with Crippen LogP contribution in [0.15, 0.2) is 22.6 Å². The molecule has 1 heterocycles. The summed E-state index contributed by atoms with van der Waals surface area (Å²) in [5, 5.41) is 0. The van der Waals surface area contributed by atoms with E-state index in [9.17, 15) is 0 Å². The summed E-state index contributed by atoms with van der Waals surface area (Å²) in [5.41, 5.74) is 4.88. The van der Waals surface area contributed by atoms with E-state index >= 15 is 0 Å². The number of hydrogen-bond donors (Lipinski definition) is 1. The number of nitrogens with one attached hydrogen (secondary N) is 1. The summed E-state index contributed by atoms with van der Waals surface area (Å²) in [6, 6.07) is 6.44. The van der Waals surface area contributed by atoms with Gasteiger partial charge in [0, 0.05) is 12.0 Å². The maximum atomic E-state index is 5.41. The quantitative estimate of drug-likeness (QED) is 0.568. The van der Waals surface area contributed by atoms with Crippen LogP contribution in [0.25, 0.3) is 11.3 Å². The Bertz CT molecular complexity index is 565. The smallest absolute Gasteiger partial charge is 0.266 e. The van der Waals surface area contributed by atoms with Gasteiger partial charge in [-0.3, -0.25) is 0 Å². The molecule has 2 aromatic rings. The summed E-state index contributed by atoms with van der Waals surface area (Å²) < 4.78 is 5.41. The van der Waals surface area contributed by atoms with E-state index in [1.165, 1.54) is 16.7 Å². The monoisotopic (exact) mass is 203 g/mol. The van der Waals surface area contributed by atoms with Crippen molar-refractivity contribution in [3.8, 4) is 11.3 Å². The van der Waals surface area contributed by atoms with Gasteiger partial charge in [0.2, 0.25) is 0 Å². The van der Waals surface area contributed by atoms with E-state index in [2.05, 4.69) is 30.1 Å². The van der Waals surface area contributed by atoms with Crippen LogP contribution in [-0.4, -0.2) is 4.98 Å². The molecule has 0 fully saturated rings. The SMILES string of the molecule is Cc1ccc2c(c1)-c1[nH]c(=S)oc1C2. The second-order valence-corrected chi connectivity index (χ2v) is 4.02. The standard InChI is InChI=1S/C11H9NOS/c1-6-2-3-7-5-9-10(8(7)4-6)12-11(14)13-9/h2-4H,5H2,1H3,(H,12,14). The second kappa shape index (κ2) is 2.58. The molecule has 70 valence electrons. The zero-order valence-electron chi connectivity index (χ0n) is 7.76. The zero-order valence-corrected chi connectivity index (χ0v) is 8.57. The van der Waals surface area contributed by atoms with E-state index in [0.29, 0.717) is 4.84 Å². The number of aryl methyl sites for hydroxylation is 1. The Hall–Kier alpha value is -1.35. The van der Waals surface area contributed by atoms with Crippen molar-refractivity contribution in [3.05, 3.63) is 39.9 Å². The Labute approximate surface area is 86.6 Å². The average molecular weight is 203 g/mol. The number of benzene rings is 1. The third-order valence-corrected chi connectivity index (χ3v) is 2.79. The average Bonchev–Trinajstić information content (AvgIpc) is 2.62. The molecule has 0 saturated heterocycles. The molecule has 1 aliphatic rings. The van der Waals surface area contributed by atoms with Gasteiger partial charge in [0.15, 0.2) is 0 Å². The van der Waals surface area contributed by atoms with Crippen LogP contribution in [0.3, 0.4) is 0 Å². The molecule has 0 amide bonds. The molecule has 1 N–H and O–H groups in total. The molecule has 0 radical (unpaired) electrons. The minimum Gasteiger partial charge on any atom is -0.434 e. The highest BCUT2D eigenvalue weighted by Gasteiger charge is 2.22. The highest BCUT2D eigenvalue weighted by Crippen LogP contribution is 2.36. The third-order valence-electron chi connectivity index (χ3n) is 2.61.